The van der Waals surface area contributed by atoms with Crippen LogP contribution in [0.2, 0.25) is 0 Å². The van der Waals surface area contributed by atoms with E-state index in [0.717, 1.165) is 18.7 Å². The molecule has 0 fully saturated rings. The van der Waals surface area contributed by atoms with Gasteiger partial charge in [-0.05, 0) is 48.6 Å². The fraction of sp³-hybridized carbons (Fsp3) is 0.312. The quantitative estimate of drug-likeness (QED) is 0.718. The van der Waals surface area contributed by atoms with Crippen molar-refractivity contribution in [3.05, 3.63) is 45.6 Å². The molecule has 1 aromatic heterocycles. The summed E-state index contributed by atoms with van der Waals surface area (Å²) in [5.41, 5.74) is 9.43. The number of rotatable bonds is 6. The number of carbonyl (C=O) groups excluding carboxylic acids is 1. The van der Waals surface area contributed by atoms with Crippen molar-refractivity contribution in [1.82, 2.24) is 5.32 Å². The first-order valence-corrected chi connectivity index (χ1v) is 8.00. The molecular weight excluding hydrogens is 282 g/mol. The van der Waals surface area contributed by atoms with Crippen LogP contribution in [0.25, 0.3) is 0 Å². The molecule has 4 N–H and O–H groups in total. The number of nitrogen functional groups attached to an aromatic ring is 1. The molecule has 21 heavy (non-hydrogen) atoms. The van der Waals surface area contributed by atoms with Gasteiger partial charge in [-0.15, -0.1) is 11.3 Å². The van der Waals surface area contributed by atoms with Gasteiger partial charge in [-0.1, -0.05) is 6.92 Å². The normalized spacial score (nSPS) is 10.4. The number of nitrogens with two attached hydrogens (primary N) is 1. The van der Waals surface area contributed by atoms with Crippen LogP contribution < -0.4 is 16.4 Å². The van der Waals surface area contributed by atoms with Crippen molar-refractivity contribution in [2.45, 2.75) is 26.8 Å². The van der Waals surface area contributed by atoms with E-state index in [4.69, 9.17) is 5.73 Å². The first-order chi connectivity index (χ1) is 10.2. The largest absolute Gasteiger partial charge is 0.397 e. The molecule has 0 aliphatic carbocycles. The molecule has 5 heteroatoms. The van der Waals surface area contributed by atoms with Crippen LogP contribution in [0.1, 0.15) is 34.6 Å². The summed E-state index contributed by atoms with van der Waals surface area (Å²) in [6.45, 7) is 5.41. The van der Waals surface area contributed by atoms with Crippen molar-refractivity contribution in [2.24, 2.45) is 0 Å². The van der Waals surface area contributed by atoms with Crippen molar-refractivity contribution in [3.8, 4) is 0 Å². The van der Waals surface area contributed by atoms with Gasteiger partial charge >= 0.3 is 0 Å². The third-order valence-corrected chi connectivity index (χ3v) is 4.27. The molecule has 0 bridgehead atoms. The van der Waals surface area contributed by atoms with E-state index in [0.29, 0.717) is 17.8 Å². The highest BCUT2D eigenvalue weighted by Gasteiger charge is 2.08. The predicted octanol–water partition coefficient (Wildman–Crippen LogP) is 3.25. The van der Waals surface area contributed by atoms with E-state index in [2.05, 4.69) is 29.0 Å². The lowest BCUT2D eigenvalue weighted by Crippen LogP contribution is -2.22. The van der Waals surface area contributed by atoms with Gasteiger partial charge in [0.25, 0.3) is 5.91 Å². The maximum Gasteiger partial charge on any atom is 0.251 e. The van der Waals surface area contributed by atoms with Crippen molar-refractivity contribution in [2.75, 3.05) is 17.6 Å². The van der Waals surface area contributed by atoms with Gasteiger partial charge in [0.15, 0.2) is 0 Å². The van der Waals surface area contributed by atoms with E-state index in [1.54, 1.807) is 23.5 Å². The molecule has 0 saturated heterocycles. The average molecular weight is 303 g/mol. The molecule has 0 spiro atoms. The smallest absolute Gasteiger partial charge is 0.251 e. The van der Waals surface area contributed by atoms with Gasteiger partial charge in [-0.25, -0.2) is 0 Å². The zero-order valence-electron chi connectivity index (χ0n) is 12.4. The van der Waals surface area contributed by atoms with Crippen molar-refractivity contribution in [1.29, 1.82) is 0 Å². The highest BCUT2D eigenvalue weighted by atomic mass is 32.1. The molecule has 112 valence electrons. The van der Waals surface area contributed by atoms with Gasteiger partial charge in [0, 0.05) is 23.5 Å². The summed E-state index contributed by atoms with van der Waals surface area (Å²) in [5.74, 6) is -0.0951. The zero-order valence-corrected chi connectivity index (χ0v) is 13.2. The van der Waals surface area contributed by atoms with E-state index in [-0.39, 0.29) is 5.91 Å². The molecule has 0 aliphatic rings. The summed E-state index contributed by atoms with van der Waals surface area (Å²) >= 11 is 1.75. The minimum Gasteiger partial charge on any atom is -0.397 e. The maximum atomic E-state index is 11.8. The van der Waals surface area contributed by atoms with Crippen LogP contribution in [-0.2, 0) is 13.0 Å². The molecule has 2 aromatic rings. The summed E-state index contributed by atoms with van der Waals surface area (Å²) in [7, 11) is 0. The van der Waals surface area contributed by atoms with E-state index < -0.39 is 0 Å². The molecule has 0 atom stereocenters. The van der Waals surface area contributed by atoms with Crippen LogP contribution in [0, 0.1) is 0 Å². The highest BCUT2D eigenvalue weighted by Crippen LogP contribution is 2.23. The van der Waals surface area contributed by atoms with Crippen LogP contribution in [0.4, 0.5) is 11.4 Å². The molecule has 0 aliphatic heterocycles. The summed E-state index contributed by atoms with van der Waals surface area (Å²) < 4.78 is 0. The minimum absolute atomic E-state index is 0.0951. The molecular formula is C16H21N3OS. The van der Waals surface area contributed by atoms with Crippen LogP contribution in [0.3, 0.4) is 0 Å². The highest BCUT2D eigenvalue weighted by molar-refractivity contribution is 7.10. The fourth-order valence-corrected chi connectivity index (χ4v) is 3.06. The standard InChI is InChI=1S/C16H21N3OS/c1-3-11-7-8-21-15(11)10-19-14-6-5-12(9-13(14)17)16(20)18-4-2/h5-9,19H,3-4,10,17H2,1-2H3,(H,18,20). The molecule has 0 unspecified atom stereocenters. The first-order valence-electron chi connectivity index (χ1n) is 7.12. The second kappa shape index (κ2) is 7.13. The molecule has 1 amide bonds. The Morgan fingerprint density at radius 2 is 2.10 bits per heavy atom. The van der Waals surface area contributed by atoms with Gasteiger partial charge in [0.1, 0.15) is 0 Å². The number of nitrogens with one attached hydrogen (secondary N) is 2. The van der Waals surface area contributed by atoms with Gasteiger partial charge in [-0.2, -0.15) is 0 Å². The lowest BCUT2D eigenvalue weighted by molar-refractivity contribution is 0.0956. The fourth-order valence-electron chi connectivity index (χ4n) is 2.14. The maximum absolute atomic E-state index is 11.8. The van der Waals surface area contributed by atoms with Crippen LogP contribution in [0.15, 0.2) is 29.6 Å². The molecule has 0 radical (unpaired) electrons. The number of anilines is 2. The van der Waals surface area contributed by atoms with Crippen LogP contribution in [0.5, 0.6) is 0 Å². The van der Waals surface area contributed by atoms with E-state index in [1.165, 1.54) is 10.4 Å². The summed E-state index contributed by atoms with van der Waals surface area (Å²) in [6, 6.07) is 7.52. The number of aryl methyl sites for hydroxylation is 1. The lowest BCUT2D eigenvalue weighted by Gasteiger charge is -2.11. The molecule has 0 saturated carbocycles. The van der Waals surface area contributed by atoms with Crippen molar-refractivity contribution in [3.63, 3.8) is 0 Å². The molecule has 2 rings (SSSR count). The lowest BCUT2D eigenvalue weighted by atomic mass is 10.1. The van der Waals surface area contributed by atoms with Gasteiger partial charge < -0.3 is 16.4 Å². The third-order valence-electron chi connectivity index (χ3n) is 3.31. The van der Waals surface area contributed by atoms with Gasteiger partial charge in [0.2, 0.25) is 0 Å². The molecule has 1 heterocycles. The third kappa shape index (κ3) is 3.76. The summed E-state index contributed by atoms with van der Waals surface area (Å²) in [5, 5.41) is 8.22. The van der Waals surface area contributed by atoms with Crippen LogP contribution >= 0.6 is 11.3 Å². The number of carbonyl (C=O) groups is 1. The van der Waals surface area contributed by atoms with Gasteiger partial charge in [0.05, 0.1) is 11.4 Å². The average Bonchev–Trinajstić information content (AvgIpc) is 2.93. The summed E-state index contributed by atoms with van der Waals surface area (Å²) in [4.78, 5) is 13.1. The zero-order chi connectivity index (χ0) is 15.2. The van der Waals surface area contributed by atoms with E-state index >= 15 is 0 Å². The summed E-state index contributed by atoms with van der Waals surface area (Å²) in [6.07, 6.45) is 1.03. The molecule has 4 nitrogen and oxygen atoms in total. The Hall–Kier alpha value is -2.01. The van der Waals surface area contributed by atoms with Crippen molar-refractivity contribution >= 4 is 28.6 Å². The number of amides is 1. The second-order valence-electron chi connectivity index (χ2n) is 4.74. The number of hydrogen-bond donors (Lipinski definition) is 3. The second-order valence-corrected chi connectivity index (χ2v) is 5.74. The van der Waals surface area contributed by atoms with E-state index in [1.807, 2.05) is 13.0 Å². The predicted molar refractivity (Wildman–Crippen MR) is 89.9 cm³/mol. The first kappa shape index (κ1) is 15.4. The monoisotopic (exact) mass is 303 g/mol. The minimum atomic E-state index is -0.0951. The Bertz CT molecular complexity index is 622. The van der Waals surface area contributed by atoms with Gasteiger partial charge in [-0.3, -0.25) is 4.79 Å². The topological polar surface area (TPSA) is 67.2 Å². The Morgan fingerprint density at radius 1 is 1.29 bits per heavy atom. The number of thiophene rings is 1. The Labute approximate surface area is 129 Å². The Kier molecular flexibility index (Phi) is 5.22. The number of hydrogen-bond acceptors (Lipinski definition) is 4. The number of benzene rings is 1. The molecule has 1 aromatic carbocycles. The Morgan fingerprint density at radius 3 is 2.76 bits per heavy atom. The van der Waals surface area contributed by atoms with E-state index in [9.17, 15) is 4.79 Å². The Balaban J connectivity index is 2.06. The van der Waals surface area contributed by atoms with Crippen molar-refractivity contribution < 1.29 is 4.79 Å². The van der Waals surface area contributed by atoms with Crippen LogP contribution in [-0.4, -0.2) is 12.5 Å². The SMILES string of the molecule is CCNC(=O)c1ccc(NCc2sccc2CC)c(N)c1.